The van der Waals surface area contributed by atoms with Crippen LogP contribution in [0, 0.1) is 17.1 Å². The number of nitrogens with one attached hydrogen (secondary N) is 2. The Labute approximate surface area is 182 Å². The first kappa shape index (κ1) is 22.6. The molecule has 1 aliphatic rings. The molecule has 0 saturated carbocycles. The molecule has 3 rings (SSSR count). The summed E-state index contributed by atoms with van der Waals surface area (Å²) >= 11 is 0. The van der Waals surface area contributed by atoms with E-state index in [4.69, 9.17) is 5.26 Å². The average Bonchev–Trinajstić information content (AvgIpc) is 3.31. The number of hydrogen-bond acceptors (Lipinski definition) is 4. The lowest BCUT2D eigenvalue weighted by Crippen LogP contribution is -2.44. The molecule has 1 heterocycles. The van der Waals surface area contributed by atoms with Crippen molar-refractivity contribution in [2.75, 3.05) is 6.54 Å². The highest BCUT2D eigenvalue weighted by molar-refractivity contribution is 5.93. The van der Waals surface area contributed by atoms with Gasteiger partial charge in [0.15, 0.2) is 5.78 Å². The first-order valence-electron chi connectivity index (χ1n) is 10.7. The molecule has 31 heavy (non-hydrogen) atoms. The number of Topliss-reactive ketones (excluding diaryl/α,β-unsaturated/α-hetero) is 1. The van der Waals surface area contributed by atoms with Gasteiger partial charge in [-0.3, -0.25) is 9.59 Å². The highest BCUT2D eigenvalue weighted by atomic mass is 19.1. The fourth-order valence-corrected chi connectivity index (χ4v) is 4.00. The minimum absolute atomic E-state index is 0.0126. The van der Waals surface area contributed by atoms with Crippen LogP contribution in [0.1, 0.15) is 62.6 Å². The van der Waals surface area contributed by atoms with Gasteiger partial charge in [-0.15, -0.1) is 0 Å². The summed E-state index contributed by atoms with van der Waals surface area (Å²) in [4.78, 5) is 25.9. The molecule has 5 nitrogen and oxygen atoms in total. The van der Waals surface area contributed by atoms with Crippen LogP contribution in [0.3, 0.4) is 0 Å². The third-order valence-corrected chi connectivity index (χ3v) is 5.67. The van der Waals surface area contributed by atoms with Gasteiger partial charge >= 0.3 is 0 Å². The summed E-state index contributed by atoms with van der Waals surface area (Å²) in [6, 6.07) is 13.1. The average molecular weight is 422 g/mol. The molecule has 0 bridgehead atoms. The van der Waals surface area contributed by atoms with E-state index in [2.05, 4.69) is 10.6 Å². The third-order valence-electron chi connectivity index (χ3n) is 5.67. The highest BCUT2D eigenvalue weighted by Gasteiger charge is 2.31. The Balaban J connectivity index is 2.10. The first-order valence-corrected chi connectivity index (χ1v) is 10.7. The van der Waals surface area contributed by atoms with E-state index >= 15 is 4.39 Å². The van der Waals surface area contributed by atoms with Crippen molar-refractivity contribution < 1.29 is 14.0 Å². The molecule has 2 aromatic carbocycles. The molecule has 0 spiro atoms. The summed E-state index contributed by atoms with van der Waals surface area (Å²) in [5, 5.41) is 14.9. The molecule has 1 amide bonds. The number of nitrogens with zero attached hydrogens (tertiary/aromatic N) is 1. The number of ketones is 1. The Kier molecular flexibility index (Phi) is 7.54. The number of rotatable bonds is 8. The second-order valence-corrected chi connectivity index (χ2v) is 8.17. The molecule has 162 valence electrons. The molecule has 0 aliphatic carbocycles. The van der Waals surface area contributed by atoms with Gasteiger partial charge < -0.3 is 10.6 Å². The van der Waals surface area contributed by atoms with E-state index in [0.717, 1.165) is 13.0 Å². The van der Waals surface area contributed by atoms with Gasteiger partial charge in [0.25, 0.3) is 0 Å². The fourth-order valence-electron chi connectivity index (χ4n) is 4.00. The van der Waals surface area contributed by atoms with Crippen LogP contribution in [0.15, 0.2) is 42.5 Å². The van der Waals surface area contributed by atoms with E-state index in [0.29, 0.717) is 28.7 Å². The third kappa shape index (κ3) is 5.18. The molecule has 2 N–H and O–H groups in total. The lowest BCUT2D eigenvalue weighted by atomic mass is 9.87. The summed E-state index contributed by atoms with van der Waals surface area (Å²) in [5.41, 5.74) is 1.93. The Morgan fingerprint density at radius 3 is 2.52 bits per heavy atom. The molecule has 1 saturated heterocycles. The SMILES string of the molecule is CC(C)c1ccc(C(NC(=O)C2CCCN2)C(=O)CCC#N)c(-c2ccccc2)c1F. The van der Waals surface area contributed by atoms with Crippen LogP contribution in [0.4, 0.5) is 4.39 Å². The van der Waals surface area contributed by atoms with E-state index in [1.54, 1.807) is 24.3 Å². The van der Waals surface area contributed by atoms with E-state index < -0.39 is 6.04 Å². The van der Waals surface area contributed by atoms with Crippen LogP contribution < -0.4 is 10.6 Å². The highest BCUT2D eigenvalue weighted by Crippen LogP contribution is 2.36. The number of hydrogen-bond donors (Lipinski definition) is 2. The van der Waals surface area contributed by atoms with E-state index in [1.165, 1.54) is 0 Å². The monoisotopic (exact) mass is 421 g/mol. The number of carbonyl (C=O) groups is 2. The molecular weight excluding hydrogens is 393 g/mol. The lowest BCUT2D eigenvalue weighted by Gasteiger charge is -2.24. The van der Waals surface area contributed by atoms with Crippen LogP contribution >= 0.6 is 0 Å². The van der Waals surface area contributed by atoms with Gasteiger partial charge in [0.1, 0.15) is 11.9 Å². The van der Waals surface area contributed by atoms with Crippen LogP contribution in [0.5, 0.6) is 0 Å². The van der Waals surface area contributed by atoms with Crippen molar-refractivity contribution in [3.8, 4) is 17.2 Å². The summed E-state index contributed by atoms with van der Waals surface area (Å²) in [6.45, 7) is 4.57. The van der Waals surface area contributed by atoms with Crippen molar-refractivity contribution in [2.24, 2.45) is 0 Å². The van der Waals surface area contributed by atoms with Crippen molar-refractivity contribution in [1.29, 1.82) is 5.26 Å². The summed E-state index contributed by atoms with van der Waals surface area (Å²) in [7, 11) is 0. The zero-order valence-corrected chi connectivity index (χ0v) is 18.0. The minimum Gasteiger partial charge on any atom is -0.341 e. The molecule has 6 heteroatoms. The van der Waals surface area contributed by atoms with Crippen LogP contribution in [-0.2, 0) is 9.59 Å². The van der Waals surface area contributed by atoms with Crippen molar-refractivity contribution >= 4 is 11.7 Å². The van der Waals surface area contributed by atoms with Gasteiger partial charge in [0.2, 0.25) is 5.91 Å². The number of halogens is 1. The zero-order valence-electron chi connectivity index (χ0n) is 18.0. The van der Waals surface area contributed by atoms with E-state index in [9.17, 15) is 9.59 Å². The minimum atomic E-state index is -1.02. The quantitative estimate of drug-likeness (QED) is 0.662. The number of carbonyl (C=O) groups excluding carboxylic acids is 2. The van der Waals surface area contributed by atoms with Gasteiger partial charge in [-0.25, -0.2) is 4.39 Å². The van der Waals surface area contributed by atoms with Crippen molar-refractivity contribution in [3.63, 3.8) is 0 Å². The molecular formula is C25H28FN3O2. The Hall–Kier alpha value is -3.04. The topological polar surface area (TPSA) is 82.0 Å². The Morgan fingerprint density at radius 2 is 1.90 bits per heavy atom. The van der Waals surface area contributed by atoms with Crippen molar-refractivity contribution in [1.82, 2.24) is 10.6 Å². The van der Waals surface area contributed by atoms with Crippen LogP contribution in [0.2, 0.25) is 0 Å². The second kappa shape index (κ2) is 10.3. The first-order chi connectivity index (χ1) is 14.9. The summed E-state index contributed by atoms with van der Waals surface area (Å²) < 4.78 is 15.7. The van der Waals surface area contributed by atoms with Gasteiger partial charge in [0.05, 0.1) is 12.1 Å². The summed E-state index contributed by atoms with van der Waals surface area (Å²) in [6.07, 6.45) is 1.61. The van der Waals surface area contributed by atoms with Gasteiger partial charge in [-0.1, -0.05) is 56.3 Å². The molecule has 2 aromatic rings. The van der Waals surface area contributed by atoms with Crippen LogP contribution in [0.25, 0.3) is 11.1 Å². The fraction of sp³-hybridized carbons (Fsp3) is 0.400. The molecule has 1 aliphatic heterocycles. The predicted octanol–water partition coefficient (Wildman–Crippen LogP) is 4.40. The maximum absolute atomic E-state index is 15.7. The number of nitriles is 1. The molecule has 0 radical (unpaired) electrons. The van der Waals surface area contributed by atoms with E-state index in [1.807, 2.05) is 38.1 Å². The lowest BCUT2D eigenvalue weighted by molar-refractivity contribution is -0.129. The molecule has 1 fully saturated rings. The van der Waals surface area contributed by atoms with E-state index in [-0.39, 0.29) is 42.3 Å². The Bertz CT molecular complexity index is 976. The zero-order chi connectivity index (χ0) is 22.4. The van der Waals surface area contributed by atoms with Crippen LogP contribution in [-0.4, -0.2) is 24.3 Å². The van der Waals surface area contributed by atoms with Crippen molar-refractivity contribution in [3.05, 3.63) is 59.4 Å². The largest absolute Gasteiger partial charge is 0.341 e. The molecule has 2 atom stereocenters. The molecule has 0 aromatic heterocycles. The normalized spacial score (nSPS) is 16.7. The maximum atomic E-state index is 15.7. The number of benzene rings is 2. The van der Waals surface area contributed by atoms with Gasteiger partial charge in [0, 0.05) is 18.4 Å². The van der Waals surface area contributed by atoms with Gasteiger partial charge in [-0.05, 0) is 42.0 Å². The maximum Gasteiger partial charge on any atom is 0.237 e. The van der Waals surface area contributed by atoms with Crippen molar-refractivity contribution in [2.45, 2.75) is 57.5 Å². The standard InChI is InChI=1S/C25H28FN3O2/c1-16(2)18-12-13-19(22(23(18)26)17-8-4-3-5-9-17)24(21(30)11-6-14-27)29-25(31)20-10-7-15-28-20/h3-5,8-9,12-13,16,20,24,28H,6-7,10-11,15H2,1-2H3,(H,29,31). The van der Waals surface area contributed by atoms with Gasteiger partial charge in [-0.2, -0.15) is 5.26 Å². The predicted molar refractivity (Wildman–Crippen MR) is 118 cm³/mol. The second-order valence-electron chi connectivity index (χ2n) is 8.17. The summed E-state index contributed by atoms with van der Waals surface area (Å²) in [5.74, 6) is -1.01. The Morgan fingerprint density at radius 1 is 1.19 bits per heavy atom. The smallest absolute Gasteiger partial charge is 0.237 e. The molecule has 2 unspecified atom stereocenters. The number of amides is 1.